The zero-order chi connectivity index (χ0) is 17.3. The Morgan fingerprint density at radius 1 is 1.17 bits per heavy atom. The third kappa shape index (κ3) is 3.07. The maximum Gasteiger partial charge on any atom is 0.419 e. The Labute approximate surface area is 141 Å². The van der Waals surface area contributed by atoms with E-state index in [-0.39, 0.29) is 0 Å². The average Bonchev–Trinajstić information content (AvgIpc) is 2.81. The van der Waals surface area contributed by atoms with E-state index in [0.717, 1.165) is 0 Å². The van der Waals surface area contributed by atoms with Gasteiger partial charge in [0, 0.05) is 24.5 Å². The number of amides is 2. The van der Waals surface area contributed by atoms with Crippen molar-refractivity contribution in [2.75, 3.05) is 17.7 Å². The topological polar surface area (TPSA) is 85.5 Å². The lowest BCUT2D eigenvalue weighted by atomic mass is 10.3. The first-order valence-electron chi connectivity index (χ1n) is 6.99. The molecule has 3 aromatic rings. The maximum absolute atomic E-state index is 12.1. The number of rotatable bonds is 3. The number of hydrogen-bond acceptors (Lipinski definition) is 4. The van der Waals surface area contributed by atoms with Gasteiger partial charge in [0.05, 0.1) is 17.6 Å². The molecular weight excluding hydrogens is 334 g/mol. The van der Waals surface area contributed by atoms with Crippen LogP contribution in [-0.2, 0) is 7.05 Å². The standard InChI is InChI=1S/C16H14ClN3O4/c1-20-12-5-3-10(8-14(12)24-16(20)22)19-15(21)18-9-4-6-13(23-2)11(17)7-9/h3-8H,1-2H3,(H2,18,19,21). The Kier molecular flexibility index (Phi) is 4.18. The van der Waals surface area contributed by atoms with E-state index in [0.29, 0.717) is 33.2 Å². The Morgan fingerprint density at radius 3 is 2.50 bits per heavy atom. The summed E-state index contributed by atoms with van der Waals surface area (Å²) in [7, 11) is 3.13. The lowest BCUT2D eigenvalue weighted by molar-refractivity contribution is 0.262. The number of aryl methyl sites for hydroxylation is 1. The number of oxazole rings is 1. The minimum absolute atomic E-state index is 0.391. The minimum atomic E-state index is -0.459. The molecule has 0 atom stereocenters. The summed E-state index contributed by atoms with van der Waals surface area (Å²) in [6.07, 6.45) is 0. The van der Waals surface area contributed by atoms with Crippen LogP contribution in [0.3, 0.4) is 0 Å². The van der Waals surface area contributed by atoms with Crippen LogP contribution in [0.15, 0.2) is 45.6 Å². The highest BCUT2D eigenvalue weighted by molar-refractivity contribution is 6.32. The summed E-state index contributed by atoms with van der Waals surface area (Å²) in [6, 6.07) is 9.41. The summed E-state index contributed by atoms with van der Waals surface area (Å²) in [4.78, 5) is 23.5. The molecule has 0 bridgehead atoms. The largest absolute Gasteiger partial charge is 0.495 e. The minimum Gasteiger partial charge on any atom is -0.495 e. The van der Waals surface area contributed by atoms with Crippen molar-refractivity contribution in [3.8, 4) is 5.75 Å². The van der Waals surface area contributed by atoms with Crippen molar-refractivity contribution in [2.45, 2.75) is 0 Å². The Morgan fingerprint density at radius 2 is 1.83 bits per heavy atom. The van der Waals surface area contributed by atoms with Gasteiger partial charge in [-0.25, -0.2) is 9.59 Å². The molecule has 0 radical (unpaired) electrons. The van der Waals surface area contributed by atoms with Gasteiger partial charge in [0.1, 0.15) is 5.75 Å². The summed E-state index contributed by atoms with van der Waals surface area (Å²) >= 11 is 6.01. The van der Waals surface area contributed by atoms with Crippen LogP contribution in [-0.4, -0.2) is 17.7 Å². The fourth-order valence-corrected chi connectivity index (χ4v) is 2.51. The molecule has 0 aliphatic rings. The highest BCUT2D eigenvalue weighted by atomic mass is 35.5. The molecule has 0 aliphatic heterocycles. The molecule has 0 fully saturated rings. The summed E-state index contributed by atoms with van der Waals surface area (Å²) in [6.45, 7) is 0. The van der Waals surface area contributed by atoms with E-state index in [1.165, 1.54) is 11.7 Å². The highest BCUT2D eigenvalue weighted by Gasteiger charge is 2.09. The van der Waals surface area contributed by atoms with Crippen LogP contribution in [0.4, 0.5) is 16.2 Å². The zero-order valence-corrected chi connectivity index (χ0v) is 13.7. The second kappa shape index (κ2) is 6.29. The number of carbonyl (C=O) groups excluding carboxylic acids is 1. The van der Waals surface area contributed by atoms with Crippen molar-refractivity contribution in [1.29, 1.82) is 0 Å². The van der Waals surface area contributed by atoms with E-state index < -0.39 is 11.8 Å². The quantitative estimate of drug-likeness (QED) is 0.760. The molecule has 0 saturated heterocycles. The molecule has 2 amide bonds. The molecule has 124 valence electrons. The molecule has 7 nitrogen and oxygen atoms in total. The number of nitrogens with zero attached hydrogens (tertiary/aromatic N) is 1. The number of nitrogens with one attached hydrogen (secondary N) is 2. The van der Waals surface area contributed by atoms with Crippen LogP contribution in [0, 0.1) is 0 Å². The molecule has 2 aromatic carbocycles. The van der Waals surface area contributed by atoms with Crippen molar-refractivity contribution >= 4 is 40.1 Å². The van der Waals surface area contributed by atoms with Crippen LogP contribution in [0.25, 0.3) is 11.1 Å². The van der Waals surface area contributed by atoms with Crippen molar-refractivity contribution in [1.82, 2.24) is 4.57 Å². The van der Waals surface area contributed by atoms with Gasteiger partial charge in [0.15, 0.2) is 5.58 Å². The fraction of sp³-hybridized carbons (Fsp3) is 0.125. The first-order valence-corrected chi connectivity index (χ1v) is 7.37. The molecule has 24 heavy (non-hydrogen) atoms. The predicted octanol–water partition coefficient (Wildman–Crippen LogP) is 3.44. The van der Waals surface area contributed by atoms with Gasteiger partial charge in [-0.15, -0.1) is 0 Å². The first kappa shape index (κ1) is 15.9. The molecule has 0 unspecified atom stereocenters. The molecule has 0 spiro atoms. The van der Waals surface area contributed by atoms with E-state index in [1.807, 2.05) is 0 Å². The summed E-state index contributed by atoms with van der Waals surface area (Å²) in [5.41, 5.74) is 2.06. The van der Waals surface area contributed by atoms with Gasteiger partial charge in [0.25, 0.3) is 0 Å². The molecule has 0 saturated carbocycles. The van der Waals surface area contributed by atoms with Gasteiger partial charge >= 0.3 is 11.8 Å². The Bertz CT molecular complexity index is 977. The van der Waals surface area contributed by atoms with Gasteiger partial charge in [-0.1, -0.05) is 11.6 Å². The van der Waals surface area contributed by atoms with Gasteiger partial charge in [-0.3, -0.25) is 4.57 Å². The number of fused-ring (bicyclic) bond motifs is 1. The lowest BCUT2D eigenvalue weighted by Gasteiger charge is -2.09. The molecule has 2 N–H and O–H groups in total. The monoisotopic (exact) mass is 347 g/mol. The average molecular weight is 348 g/mol. The number of hydrogen-bond donors (Lipinski definition) is 2. The molecular formula is C16H14ClN3O4. The van der Waals surface area contributed by atoms with Crippen molar-refractivity contribution < 1.29 is 13.9 Å². The SMILES string of the molecule is COc1ccc(NC(=O)Nc2ccc3c(c2)oc(=O)n3C)cc1Cl. The van der Waals surface area contributed by atoms with E-state index in [2.05, 4.69) is 10.6 Å². The van der Waals surface area contributed by atoms with Gasteiger partial charge < -0.3 is 19.8 Å². The van der Waals surface area contributed by atoms with Crippen LogP contribution < -0.4 is 21.1 Å². The second-order valence-corrected chi connectivity index (χ2v) is 5.45. The van der Waals surface area contributed by atoms with Crippen LogP contribution in [0.2, 0.25) is 5.02 Å². The van der Waals surface area contributed by atoms with Crippen LogP contribution >= 0.6 is 11.6 Å². The van der Waals surface area contributed by atoms with Gasteiger partial charge in [0.2, 0.25) is 0 Å². The Hall–Kier alpha value is -2.93. The van der Waals surface area contributed by atoms with Gasteiger partial charge in [-0.2, -0.15) is 0 Å². The molecule has 3 rings (SSSR count). The summed E-state index contributed by atoms with van der Waals surface area (Å²) < 4.78 is 11.5. The third-order valence-corrected chi connectivity index (χ3v) is 3.76. The maximum atomic E-state index is 12.1. The third-order valence-electron chi connectivity index (χ3n) is 3.46. The normalized spacial score (nSPS) is 10.6. The number of urea groups is 1. The van der Waals surface area contributed by atoms with Crippen molar-refractivity contribution in [2.24, 2.45) is 7.05 Å². The first-order chi connectivity index (χ1) is 11.5. The molecule has 8 heteroatoms. The van der Waals surface area contributed by atoms with Crippen LogP contribution in [0.1, 0.15) is 0 Å². The van der Waals surface area contributed by atoms with E-state index >= 15 is 0 Å². The number of carbonyl (C=O) groups is 1. The summed E-state index contributed by atoms with van der Waals surface area (Å²) in [5, 5.41) is 5.71. The summed E-state index contributed by atoms with van der Waals surface area (Å²) in [5.74, 6) is 0.0617. The number of ether oxygens (including phenoxy) is 1. The zero-order valence-electron chi connectivity index (χ0n) is 12.9. The van der Waals surface area contributed by atoms with Gasteiger partial charge in [-0.05, 0) is 30.3 Å². The van der Waals surface area contributed by atoms with Crippen LogP contribution in [0.5, 0.6) is 5.75 Å². The van der Waals surface area contributed by atoms with Crippen molar-refractivity contribution in [3.05, 3.63) is 52.0 Å². The van der Waals surface area contributed by atoms with E-state index in [9.17, 15) is 9.59 Å². The molecule has 1 aromatic heterocycles. The Balaban J connectivity index is 1.75. The number of aromatic nitrogens is 1. The lowest BCUT2D eigenvalue weighted by Crippen LogP contribution is -2.19. The van der Waals surface area contributed by atoms with E-state index in [1.54, 1.807) is 43.4 Å². The smallest absolute Gasteiger partial charge is 0.419 e. The van der Waals surface area contributed by atoms with E-state index in [4.69, 9.17) is 20.8 Å². The molecule has 1 heterocycles. The number of halogens is 1. The number of anilines is 2. The fourth-order valence-electron chi connectivity index (χ4n) is 2.25. The molecule has 0 aliphatic carbocycles. The highest BCUT2D eigenvalue weighted by Crippen LogP contribution is 2.27. The van der Waals surface area contributed by atoms with Crippen molar-refractivity contribution in [3.63, 3.8) is 0 Å². The predicted molar refractivity (Wildman–Crippen MR) is 92.1 cm³/mol. The number of methoxy groups -OCH3 is 1. The number of benzene rings is 2. The second-order valence-electron chi connectivity index (χ2n) is 5.04.